The first-order chi connectivity index (χ1) is 7.74. The van der Waals surface area contributed by atoms with Crippen LogP contribution in [0.4, 0.5) is 4.39 Å². The fourth-order valence-corrected chi connectivity index (χ4v) is 2.06. The summed E-state index contributed by atoms with van der Waals surface area (Å²) in [5.41, 5.74) is 2.26. The van der Waals surface area contributed by atoms with E-state index in [0.717, 1.165) is 25.7 Å². The predicted molar refractivity (Wildman–Crippen MR) is 63.1 cm³/mol. The number of ether oxygens (including phenoxy) is 1. The minimum atomic E-state index is -0.178. The van der Waals surface area contributed by atoms with Gasteiger partial charge in [-0.05, 0) is 25.0 Å². The first-order valence-corrected chi connectivity index (χ1v) is 5.78. The quantitative estimate of drug-likeness (QED) is 0.585. The fourth-order valence-electron chi connectivity index (χ4n) is 2.06. The Hall–Kier alpha value is -0.865. The lowest BCUT2D eigenvalue weighted by Gasteiger charge is -2.06. The van der Waals surface area contributed by atoms with E-state index in [1.54, 1.807) is 6.07 Å². The molecule has 1 aromatic rings. The van der Waals surface area contributed by atoms with Crippen molar-refractivity contribution in [3.63, 3.8) is 0 Å². The van der Waals surface area contributed by atoms with Crippen LogP contribution in [0.3, 0.4) is 0 Å². The van der Waals surface area contributed by atoms with Crippen molar-refractivity contribution in [2.45, 2.75) is 31.9 Å². The SMILES string of the molecule is CBc1ccc(F)cc1CCC1OC1CO. The Bertz CT molecular complexity index is 370. The van der Waals surface area contributed by atoms with Gasteiger partial charge in [0.05, 0.1) is 12.7 Å². The molecule has 1 aliphatic heterocycles. The summed E-state index contributed by atoms with van der Waals surface area (Å²) in [7, 11) is 0.921. The molecular formula is C12H16BFO2. The number of hydrogen-bond acceptors (Lipinski definition) is 2. The predicted octanol–water partition coefficient (Wildman–Crippen LogP) is 0.628. The molecule has 1 aliphatic rings. The summed E-state index contributed by atoms with van der Waals surface area (Å²) in [4.78, 5) is 0. The molecule has 86 valence electrons. The lowest BCUT2D eigenvalue weighted by atomic mass is 9.70. The molecule has 0 spiro atoms. The minimum Gasteiger partial charge on any atom is -0.394 e. The van der Waals surface area contributed by atoms with Crippen molar-refractivity contribution >= 4 is 12.7 Å². The third-order valence-electron chi connectivity index (χ3n) is 3.12. The van der Waals surface area contributed by atoms with Gasteiger partial charge in [-0.25, -0.2) is 4.39 Å². The molecule has 0 bridgehead atoms. The van der Waals surface area contributed by atoms with Crippen molar-refractivity contribution in [1.82, 2.24) is 0 Å². The molecule has 2 rings (SSSR count). The van der Waals surface area contributed by atoms with Crippen molar-refractivity contribution in [2.24, 2.45) is 0 Å². The Morgan fingerprint density at radius 3 is 2.88 bits per heavy atom. The first kappa shape index (κ1) is 11.6. The van der Waals surface area contributed by atoms with Crippen molar-refractivity contribution in [2.75, 3.05) is 6.61 Å². The molecule has 1 fully saturated rings. The van der Waals surface area contributed by atoms with E-state index in [1.807, 2.05) is 6.07 Å². The molecule has 0 saturated carbocycles. The lowest BCUT2D eigenvalue weighted by Crippen LogP contribution is -2.17. The topological polar surface area (TPSA) is 32.8 Å². The van der Waals surface area contributed by atoms with Crippen molar-refractivity contribution in [3.05, 3.63) is 29.6 Å². The van der Waals surface area contributed by atoms with Crippen LogP contribution < -0.4 is 5.46 Å². The minimum absolute atomic E-state index is 0.0126. The van der Waals surface area contributed by atoms with Crippen LogP contribution in [0.15, 0.2) is 18.2 Å². The molecule has 4 heteroatoms. The van der Waals surface area contributed by atoms with E-state index in [0.29, 0.717) is 0 Å². The molecule has 1 saturated heterocycles. The molecule has 0 amide bonds. The second-order valence-corrected chi connectivity index (χ2v) is 4.20. The number of aliphatic hydroxyl groups is 1. The summed E-state index contributed by atoms with van der Waals surface area (Å²) in [5.74, 6) is -0.178. The number of benzene rings is 1. The van der Waals surface area contributed by atoms with Gasteiger partial charge in [-0.1, -0.05) is 23.9 Å². The Morgan fingerprint density at radius 1 is 1.44 bits per heavy atom. The number of rotatable bonds is 5. The van der Waals surface area contributed by atoms with E-state index in [9.17, 15) is 4.39 Å². The average Bonchev–Trinajstić information content (AvgIpc) is 3.05. The van der Waals surface area contributed by atoms with E-state index in [2.05, 4.69) is 6.82 Å². The highest BCUT2D eigenvalue weighted by Gasteiger charge is 2.37. The maximum atomic E-state index is 13.1. The Balaban J connectivity index is 1.95. The molecule has 2 unspecified atom stereocenters. The molecule has 1 N–H and O–H groups in total. The van der Waals surface area contributed by atoms with Crippen molar-refractivity contribution in [3.8, 4) is 0 Å². The zero-order valence-electron chi connectivity index (χ0n) is 9.45. The average molecular weight is 222 g/mol. The van der Waals surface area contributed by atoms with Crippen LogP contribution in [0.25, 0.3) is 0 Å². The summed E-state index contributed by atoms with van der Waals surface area (Å²) in [6.45, 7) is 2.16. The standard InChI is InChI=1S/C12H16BFO2/c1-13-10-4-3-9(14)6-8(10)2-5-11-12(7-15)16-11/h3-4,6,11-13,15H,2,5,7H2,1H3. The smallest absolute Gasteiger partial charge is 0.154 e. The van der Waals surface area contributed by atoms with Gasteiger partial charge >= 0.3 is 0 Å². The molecule has 2 nitrogen and oxygen atoms in total. The van der Waals surface area contributed by atoms with Gasteiger partial charge in [0.15, 0.2) is 7.28 Å². The summed E-state index contributed by atoms with van der Waals surface area (Å²) in [6.07, 6.45) is 1.86. The molecule has 1 heterocycles. The van der Waals surface area contributed by atoms with Crippen LogP contribution in [0.2, 0.25) is 6.82 Å². The zero-order chi connectivity index (χ0) is 11.5. The van der Waals surface area contributed by atoms with E-state index < -0.39 is 0 Å². The Labute approximate surface area is 95.7 Å². The number of hydrogen-bond donors (Lipinski definition) is 1. The number of halogens is 1. The molecular weight excluding hydrogens is 206 g/mol. The molecule has 16 heavy (non-hydrogen) atoms. The van der Waals surface area contributed by atoms with Crippen LogP contribution in [0.5, 0.6) is 0 Å². The number of epoxide rings is 1. The van der Waals surface area contributed by atoms with E-state index in [1.165, 1.54) is 11.5 Å². The van der Waals surface area contributed by atoms with Gasteiger partial charge in [0, 0.05) is 0 Å². The summed E-state index contributed by atoms with van der Waals surface area (Å²) >= 11 is 0. The Morgan fingerprint density at radius 2 is 2.25 bits per heavy atom. The van der Waals surface area contributed by atoms with Gasteiger partial charge in [-0.3, -0.25) is 0 Å². The fraction of sp³-hybridized carbons (Fsp3) is 0.500. The van der Waals surface area contributed by atoms with Gasteiger partial charge in [0.1, 0.15) is 11.9 Å². The third-order valence-corrected chi connectivity index (χ3v) is 3.12. The van der Waals surface area contributed by atoms with Crippen LogP contribution in [0.1, 0.15) is 12.0 Å². The van der Waals surface area contributed by atoms with Crippen LogP contribution in [0, 0.1) is 5.82 Å². The van der Waals surface area contributed by atoms with E-state index in [4.69, 9.17) is 9.84 Å². The van der Waals surface area contributed by atoms with Crippen LogP contribution in [-0.2, 0) is 11.2 Å². The summed E-state index contributed by atoms with van der Waals surface area (Å²) in [6, 6.07) is 4.96. The first-order valence-electron chi connectivity index (χ1n) is 5.78. The van der Waals surface area contributed by atoms with Crippen LogP contribution in [-0.4, -0.2) is 31.2 Å². The number of aryl methyl sites for hydroxylation is 1. The lowest BCUT2D eigenvalue weighted by molar-refractivity contribution is 0.241. The summed E-state index contributed by atoms with van der Waals surface area (Å²) in [5, 5.41) is 8.83. The second-order valence-electron chi connectivity index (χ2n) is 4.20. The molecule has 2 atom stereocenters. The maximum Gasteiger partial charge on any atom is 0.154 e. The largest absolute Gasteiger partial charge is 0.394 e. The van der Waals surface area contributed by atoms with Gasteiger partial charge in [-0.2, -0.15) is 0 Å². The third kappa shape index (κ3) is 2.63. The molecule has 1 aromatic carbocycles. The highest BCUT2D eigenvalue weighted by Crippen LogP contribution is 2.25. The highest BCUT2D eigenvalue weighted by atomic mass is 19.1. The molecule has 0 radical (unpaired) electrons. The van der Waals surface area contributed by atoms with Crippen molar-refractivity contribution in [1.29, 1.82) is 0 Å². The monoisotopic (exact) mass is 222 g/mol. The highest BCUT2D eigenvalue weighted by molar-refractivity contribution is 6.52. The maximum absolute atomic E-state index is 13.1. The Kier molecular flexibility index (Phi) is 3.61. The van der Waals surface area contributed by atoms with Crippen molar-refractivity contribution < 1.29 is 14.2 Å². The van der Waals surface area contributed by atoms with Gasteiger partial charge < -0.3 is 9.84 Å². The van der Waals surface area contributed by atoms with Gasteiger partial charge in [0.2, 0.25) is 0 Å². The second kappa shape index (κ2) is 4.98. The zero-order valence-corrected chi connectivity index (χ0v) is 9.45. The van der Waals surface area contributed by atoms with Gasteiger partial charge in [0.25, 0.3) is 0 Å². The van der Waals surface area contributed by atoms with E-state index >= 15 is 0 Å². The molecule has 0 aliphatic carbocycles. The number of aliphatic hydroxyl groups excluding tert-OH is 1. The van der Waals surface area contributed by atoms with Gasteiger partial charge in [-0.15, -0.1) is 0 Å². The normalized spacial score (nSPS) is 23.2. The van der Waals surface area contributed by atoms with Crippen LogP contribution >= 0.6 is 0 Å². The van der Waals surface area contributed by atoms with E-state index in [-0.39, 0.29) is 24.6 Å². The summed E-state index contributed by atoms with van der Waals surface area (Å²) < 4.78 is 18.3. The molecule has 0 aromatic heterocycles.